The predicted molar refractivity (Wildman–Crippen MR) is 25.0 cm³/mol. The first-order valence-electron chi connectivity index (χ1n) is 2.57. The maximum Gasteiger partial charge on any atom is 0.266 e. The zero-order valence-corrected chi connectivity index (χ0v) is 4.66. The molecule has 0 radical (unpaired) electrons. The molecule has 1 rings (SSSR count). The minimum atomic E-state index is -2.32. The van der Waals surface area contributed by atoms with E-state index in [1.165, 1.54) is 6.92 Å². The van der Waals surface area contributed by atoms with Gasteiger partial charge in [-0.05, 0) is 6.92 Å². The normalized spacial score (nSPS) is 37.5. The molecule has 0 N–H and O–H groups in total. The molecule has 0 amide bonds. The van der Waals surface area contributed by atoms with E-state index in [-0.39, 0.29) is 0 Å². The van der Waals surface area contributed by atoms with Crippen molar-refractivity contribution in [1.29, 1.82) is 0 Å². The maximum absolute atomic E-state index is 11.7. The van der Waals surface area contributed by atoms with Crippen molar-refractivity contribution in [2.75, 3.05) is 6.61 Å². The molecule has 1 atom stereocenters. The van der Waals surface area contributed by atoms with Crippen LogP contribution < -0.4 is 0 Å². The van der Waals surface area contributed by atoms with Gasteiger partial charge < -0.3 is 4.74 Å². The Bertz CT molecular complexity index is 88.4. The van der Waals surface area contributed by atoms with Gasteiger partial charge in [-0.15, -0.1) is 0 Å². The topological polar surface area (TPSA) is 9.23 Å². The van der Waals surface area contributed by atoms with Crippen LogP contribution in [-0.4, -0.2) is 18.6 Å². The molecule has 1 unspecified atom stereocenters. The fraction of sp³-hybridized carbons (Fsp3) is 1.00. The molecule has 3 heteroatoms. The highest BCUT2D eigenvalue weighted by Gasteiger charge is 2.42. The molecule has 1 fully saturated rings. The van der Waals surface area contributed by atoms with E-state index >= 15 is 0 Å². The minimum absolute atomic E-state index is 0.487. The van der Waals surface area contributed by atoms with Gasteiger partial charge in [0, 0.05) is 6.42 Å². The fourth-order valence-electron chi connectivity index (χ4n) is 0.596. The quantitative estimate of drug-likeness (QED) is 0.511. The van der Waals surface area contributed by atoms with Gasteiger partial charge in [-0.25, -0.2) is 8.78 Å². The van der Waals surface area contributed by atoms with Gasteiger partial charge in [0.2, 0.25) is 0 Å². The molecule has 1 aliphatic heterocycles. The Morgan fingerprint density at radius 3 is 2.12 bits per heavy atom. The Kier molecular flexibility index (Phi) is 1.23. The van der Waals surface area contributed by atoms with Crippen molar-refractivity contribution in [3.05, 3.63) is 0 Å². The number of alkyl halides is 2. The third-order valence-corrected chi connectivity index (χ3v) is 1.49. The number of halogens is 2. The molecule has 48 valence electrons. The molecule has 0 aromatic heterocycles. The zero-order valence-electron chi connectivity index (χ0n) is 4.66. The van der Waals surface area contributed by atoms with E-state index in [4.69, 9.17) is 0 Å². The summed E-state index contributed by atoms with van der Waals surface area (Å²) in [5, 5.41) is 0. The summed E-state index contributed by atoms with van der Waals surface area (Å²) in [6, 6.07) is 0. The molecule has 1 heterocycles. The minimum Gasteiger partial charge on any atom is -0.369 e. The van der Waals surface area contributed by atoms with Gasteiger partial charge in [0.25, 0.3) is 6.43 Å². The molecule has 0 aliphatic carbocycles. The molecule has 1 aliphatic rings. The highest BCUT2D eigenvalue weighted by Crippen LogP contribution is 2.31. The van der Waals surface area contributed by atoms with Gasteiger partial charge in [-0.1, -0.05) is 0 Å². The summed E-state index contributed by atoms with van der Waals surface area (Å²) in [6.45, 7) is 1.92. The van der Waals surface area contributed by atoms with E-state index in [2.05, 4.69) is 4.74 Å². The largest absolute Gasteiger partial charge is 0.369 e. The van der Waals surface area contributed by atoms with Crippen molar-refractivity contribution in [3.8, 4) is 0 Å². The van der Waals surface area contributed by atoms with Crippen LogP contribution in [0.25, 0.3) is 0 Å². The molecule has 0 aromatic carbocycles. The first-order chi connectivity index (χ1) is 3.65. The average molecular weight is 122 g/mol. The van der Waals surface area contributed by atoms with Crippen LogP contribution in [0, 0.1) is 0 Å². The van der Waals surface area contributed by atoms with Crippen molar-refractivity contribution in [2.24, 2.45) is 0 Å². The molecular weight excluding hydrogens is 114 g/mol. The summed E-state index contributed by atoms with van der Waals surface area (Å²) in [4.78, 5) is 0. The van der Waals surface area contributed by atoms with Crippen LogP contribution in [0.4, 0.5) is 8.78 Å². The second-order valence-electron chi connectivity index (χ2n) is 2.21. The monoisotopic (exact) mass is 122 g/mol. The van der Waals surface area contributed by atoms with E-state index < -0.39 is 12.0 Å². The van der Waals surface area contributed by atoms with E-state index in [9.17, 15) is 8.78 Å². The highest BCUT2D eigenvalue weighted by molar-refractivity contribution is 4.84. The fourth-order valence-corrected chi connectivity index (χ4v) is 0.596. The Balaban J connectivity index is 2.41. The van der Waals surface area contributed by atoms with E-state index in [0.717, 1.165) is 0 Å². The Hall–Kier alpha value is -0.180. The third kappa shape index (κ3) is 0.708. The smallest absolute Gasteiger partial charge is 0.266 e. The van der Waals surface area contributed by atoms with Gasteiger partial charge in [-0.2, -0.15) is 0 Å². The van der Waals surface area contributed by atoms with E-state index in [1.807, 2.05) is 0 Å². The van der Waals surface area contributed by atoms with Crippen LogP contribution in [-0.2, 0) is 4.74 Å². The molecule has 8 heavy (non-hydrogen) atoms. The predicted octanol–water partition coefficient (Wildman–Crippen LogP) is 1.43. The molecule has 0 bridgehead atoms. The summed E-state index contributed by atoms with van der Waals surface area (Å²) >= 11 is 0. The second-order valence-corrected chi connectivity index (χ2v) is 2.21. The number of hydrogen-bond acceptors (Lipinski definition) is 1. The molecule has 0 aromatic rings. The van der Waals surface area contributed by atoms with Gasteiger partial charge in [0.1, 0.15) is 5.60 Å². The molecule has 0 spiro atoms. The maximum atomic E-state index is 11.7. The molecule has 1 saturated heterocycles. The lowest BCUT2D eigenvalue weighted by molar-refractivity contribution is -0.206. The Labute approximate surface area is 46.6 Å². The Morgan fingerprint density at radius 2 is 2.12 bits per heavy atom. The van der Waals surface area contributed by atoms with Crippen LogP contribution >= 0.6 is 0 Å². The van der Waals surface area contributed by atoms with Crippen LogP contribution in [0.2, 0.25) is 0 Å². The summed E-state index contributed by atoms with van der Waals surface area (Å²) in [7, 11) is 0. The zero-order chi connectivity index (χ0) is 6.20. The van der Waals surface area contributed by atoms with Crippen molar-refractivity contribution in [1.82, 2.24) is 0 Å². The standard InChI is InChI=1S/C5H8F2O/c1-5(4(6)7)2-3-8-5/h4H,2-3H2,1H3. The van der Waals surface area contributed by atoms with Crippen molar-refractivity contribution in [2.45, 2.75) is 25.4 Å². The third-order valence-electron chi connectivity index (χ3n) is 1.49. The SMILES string of the molecule is CC1(C(F)F)CCO1. The Morgan fingerprint density at radius 1 is 1.62 bits per heavy atom. The number of rotatable bonds is 1. The lowest BCUT2D eigenvalue weighted by atomic mass is 9.99. The average Bonchev–Trinajstić information content (AvgIpc) is 1.60. The lowest BCUT2D eigenvalue weighted by Gasteiger charge is -2.37. The summed E-state index contributed by atoms with van der Waals surface area (Å²) in [5.74, 6) is 0. The summed E-state index contributed by atoms with van der Waals surface area (Å²) < 4.78 is 28.1. The van der Waals surface area contributed by atoms with Crippen LogP contribution in [0.1, 0.15) is 13.3 Å². The molecular formula is C5H8F2O. The number of ether oxygens (including phenoxy) is 1. The van der Waals surface area contributed by atoms with Crippen LogP contribution in [0.3, 0.4) is 0 Å². The van der Waals surface area contributed by atoms with Crippen LogP contribution in [0.15, 0.2) is 0 Å². The van der Waals surface area contributed by atoms with E-state index in [1.54, 1.807) is 0 Å². The second kappa shape index (κ2) is 1.65. The van der Waals surface area contributed by atoms with Gasteiger partial charge >= 0.3 is 0 Å². The summed E-state index contributed by atoms with van der Waals surface area (Å²) in [5.41, 5.74) is -1.11. The molecule has 0 saturated carbocycles. The van der Waals surface area contributed by atoms with Crippen LogP contribution in [0.5, 0.6) is 0 Å². The first kappa shape index (κ1) is 5.95. The first-order valence-corrected chi connectivity index (χ1v) is 2.57. The van der Waals surface area contributed by atoms with Gasteiger partial charge in [0.05, 0.1) is 6.61 Å². The number of hydrogen-bond donors (Lipinski definition) is 0. The van der Waals surface area contributed by atoms with Crippen molar-refractivity contribution < 1.29 is 13.5 Å². The van der Waals surface area contributed by atoms with Crippen molar-refractivity contribution in [3.63, 3.8) is 0 Å². The summed E-state index contributed by atoms with van der Waals surface area (Å²) in [6.07, 6.45) is -1.83. The molecule has 1 nitrogen and oxygen atoms in total. The van der Waals surface area contributed by atoms with E-state index in [0.29, 0.717) is 13.0 Å². The van der Waals surface area contributed by atoms with Crippen molar-refractivity contribution >= 4 is 0 Å². The van der Waals surface area contributed by atoms with Gasteiger partial charge in [-0.3, -0.25) is 0 Å². The lowest BCUT2D eigenvalue weighted by Crippen LogP contribution is -2.46. The van der Waals surface area contributed by atoms with Gasteiger partial charge in [0.15, 0.2) is 0 Å². The highest BCUT2D eigenvalue weighted by atomic mass is 19.3.